The molecular weight excluding hydrogens is 270 g/mol. The highest BCUT2D eigenvalue weighted by Gasteiger charge is 2.87. The fourth-order valence-corrected chi connectivity index (χ4v) is 0.671. The highest BCUT2D eigenvalue weighted by atomic mass is 19.4. The molecular formula is C4F10O2. The van der Waals surface area contributed by atoms with Crippen molar-refractivity contribution >= 4 is 0 Å². The SMILES string of the molecule is FOOC(C(F)(F)F)(C(F)(F)F)C(F)(F)F. The van der Waals surface area contributed by atoms with E-state index in [4.69, 9.17) is 0 Å². The van der Waals surface area contributed by atoms with Crippen molar-refractivity contribution in [2.75, 3.05) is 0 Å². The predicted octanol–water partition coefficient (Wildman–Crippen LogP) is 3.24. The van der Waals surface area contributed by atoms with Crippen LogP contribution in [-0.4, -0.2) is 24.1 Å². The van der Waals surface area contributed by atoms with E-state index in [-0.39, 0.29) is 0 Å². The van der Waals surface area contributed by atoms with Crippen LogP contribution in [0.2, 0.25) is 0 Å². The molecule has 0 aliphatic rings. The lowest BCUT2D eigenvalue weighted by atomic mass is 10.0. The van der Waals surface area contributed by atoms with Gasteiger partial charge in [-0.2, -0.15) is 44.4 Å². The summed E-state index contributed by atoms with van der Waals surface area (Å²) in [5.74, 6) is 0. The minimum Gasteiger partial charge on any atom is -0.167 e. The molecule has 0 aromatic carbocycles. The Morgan fingerprint density at radius 1 is 0.562 bits per heavy atom. The van der Waals surface area contributed by atoms with Gasteiger partial charge in [0.1, 0.15) is 0 Å². The van der Waals surface area contributed by atoms with Crippen molar-refractivity contribution in [1.82, 2.24) is 0 Å². The maximum Gasteiger partial charge on any atom is 0.439 e. The normalized spacial score (nSPS) is 15.4. The van der Waals surface area contributed by atoms with Crippen LogP contribution in [0.4, 0.5) is 44.0 Å². The first-order valence-corrected chi connectivity index (χ1v) is 2.98. The predicted molar refractivity (Wildman–Crippen MR) is 24.2 cm³/mol. The zero-order valence-corrected chi connectivity index (χ0v) is 6.60. The van der Waals surface area contributed by atoms with Gasteiger partial charge in [0.15, 0.2) is 0 Å². The summed E-state index contributed by atoms with van der Waals surface area (Å²) in [7, 11) is 0. The minimum atomic E-state index is -7.00. The Kier molecular flexibility index (Phi) is 3.72. The van der Waals surface area contributed by atoms with Crippen LogP contribution in [0, 0.1) is 0 Å². The average Bonchev–Trinajstić information content (AvgIpc) is 1.91. The second-order valence-corrected chi connectivity index (χ2v) is 2.32. The Bertz CT molecular complexity index is 199. The molecule has 16 heavy (non-hydrogen) atoms. The van der Waals surface area contributed by atoms with Crippen LogP contribution in [0.1, 0.15) is 0 Å². The van der Waals surface area contributed by atoms with Crippen molar-refractivity contribution in [3.05, 3.63) is 0 Å². The number of alkyl halides is 9. The summed E-state index contributed by atoms with van der Waals surface area (Å²) in [6.45, 7) is 0. The number of hydrogen-bond donors (Lipinski definition) is 0. The van der Waals surface area contributed by atoms with Crippen LogP contribution < -0.4 is 0 Å². The number of hydrogen-bond acceptors (Lipinski definition) is 2. The first-order valence-electron chi connectivity index (χ1n) is 2.98. The average molecular weight is 270 g/mol. The van der Waals surface area contributed by atoms with Gasteiger partial charge in [-0.15, -0.1) is 0 Å². The molecule has 0 aromatic heterocycles. The van der Waals surface area contributed by atoms with Gasteiger partial charge in [-0.3, -0.25) is 0 Å². The number of rotatable bonds is 2. The van der Waals surface area contributed by atoms with Crippen molar-refractivity contribution in [2.24, 2.45) is 0 Å². The van der Waals surface area contributed by atoms with Gasteiger partial charge in [0.05, 0.1) is 0 Å². The van der Waals surface area contributed by atoms with Gasteiger partial charge >= 0.3 is 24.1 Å². The molecule has 0 aromatic rings. The molecule has 0 atom stereocenters. The highest BCUT2D eigenvalue weighted by molar-refractivity contribution is 5.01. The molecule has 0 aliphatic heterocycles. The van der Waals surface area contributed by atoms with Gasteiger partial charge in [-0.25, -0.2) is 0 Å². The lowest BCUT2D eigenvalue weighted by Gasteiger charge is -2.34. The number of halogens is 10. The lowest BCUT2D eigenvalue weighted by molar-refractivity contribution is -0.580. The van der Waals surface area contributed by atoms with E-state index in [0.717, 1.165) is 0 Å². The van der Waals surface area contributed by atoms with E-state index >= 15 is 0 Å². The molecule has 0 heterocycles. The topological polar surface area (TPSA) is 18.5 Å². The Morgan fingerprint density at radius 3 is 0.875 bits per heavy atom. The molecule has 12 heteroatoms. The van der Waals surface area contributed by atoms with Crippen LogP contribution in [0.25, 0.3) is 0 Å². The smallest absolute Gasteiger partial charge is 0.167 e. The molecule has 0 radical (unpaired) electrons. The van der Waals surface area contributed by atoms with Crippen molar-refractivity contribution in [3.8, 4) is 0 Å². The molecule has 0 aliphatic carbocycles. The summed E-state index contributed by atoms with van der Waals surface area (Å²) in [5.41, 5.74) is -6.73. The van der Waals surface area contributed by atoms with Crippen LogP contribution in [0.5, 0.6) is 0 Å². The van der Waals surface area contributed by atoms with Crippen LogP contribution in [0.15, 0.2) is 0 Å². The first kappa shape index (κ1) is 15.2. The Balaban J connectivity index is 5.82. The van der Waals surface area contributed by atoms with Gasteiger partial charge < -0.3 is 0 Å². The molecule has 2 nitrogen and oxygen atoms in total. The fourth-order valence-electron chi connectivity index (χ4n) is 0.671. The lowest BCUT2D eigenvalue weighted by Crippen LogP contribution is -2.67. The largest absolute Gasteiger partial charge is 0.439 e. The molecule has 0 spiro atoms. The van der Waals surface area contributed by atoms with Gasteiger partial charge in [-0.1, -0.05) is 0 Å². The molecule has 0 unspecified atom stereocenters. The highest BCUT2D eigenvalue weighted by Crippen LogP contribution is 2.54. The van der Waals surface area contributed by atoms with E-state index < -0.39 is 24.1 Å². The maximum atomic E-state index is 11.7. The van der Waals surface area contributed by atoms with Gasteiger partial charge in [0.2, 0.25) is 0 Å². The molecule has 0 saturated heterocycles. The van der Waals surface area contributed by atoms with Crippen LogP contribution >= 0.6 is 0 Å². The maximum absolute atomic E-state index is 11.7. The van der Waals surface area contributed by atoms with E-state index in [2.05, 4.69) is 0 Å². The Hall–Kier alpha value is -0.780. The zero-order chi connectivity index (χ0) is 13.4. The molecule has 0 fully saturated rings. The van der Waals surface area contributed by atoms with E-state index in [0.29, 0.717) is 0 Å². The first-order chi connectivity index (χ1) is 6.81. The summed E-state index contributed by atoms with van der Waals surface area (Å²) >= 11 is 0. The van der Waals surface area contributed by atoms with E-state index in [9.17, 15) is 44.0 Å². The van der Waals surface area contributed by atoms with Crippen molar-refractivity contribution in [3.63, 3.8) is 0 Å². The molecule has 0 bridgehead atoms. The van der Waals surface area contributed by atoms with E-state index in [1.807, 2.05) is 0 Å². The third-order valence-corrected chi connectivity index (χ3v) is 1.35. The fraction of sp³-hybridized carbons (Fsp3) is 1.00. The molecule has 98 valence electrons. The van der Waals surface area contributed by atoms with Crippen molar-refractivity contribution < 1.29 is 54.0 Å². The monoisotopic (exact) mass is 270 g/mol. The summed E-state index contributed by atoms with van der Waals surface area (Å²) in [6, 6.07) is 0. The summed E-state index contributed by atoms with van der Waals surface area (Å²) < 4.78 is 117. The molecule has 0 N–H and O–H groups in total. The van der Waals surface area contributed by atoms with E-state index in [1.54, 1.807) is 4.89 Å². The van der Waals surface area contributed by atoms with Crippen molar-refractivity contribution in [1.29, 1.82) is 0 Å². The third-order valence-electron chi connectivity index (χ3n) is 1.35. The Morgan fingerprint density at radius 2 is 0.812 bits per heavy atom. The second kappa shape index (κ2) is 3.91. The summed E-state index contributed by atoms with van der Waals surface area (Å²) in [5, 5.41) is 1.43. The summed E-state index contributed by atoms with van der Waals surface area (Å²) in [4.78, 5) is 1.78. The third kappa shape index (κ3) is 2.16. The standard InChI is InChI=1S/C4F10O2/c5-2(6,7)1(15-16-14,3(8,9)10)4(11,12)13. The minimum absolute atomic E-state index is 1.43. The van der Waals surface area contributed by atoms with Crippen LogP contribution in [-0.2, 0) is 9.98 Å². The van der Waals surface area contributed by atoms with E-state index in [1.165, 1.54) is 5.09 Å². The Labute approximate surface area is 79.5 Å². The quantitative estimate of drug-likeness (QED) is 0.435. The van der Waals surface area contributed by atoms with Gasteiger partial charge in [0.25, 0.3) is 0 Å². The zero-order valence-electron chi connectivity index (χ0n) is 6.60. The van der Waals surface area contributed by atoms with Gasteiger partial charge in [0, 0.05) is 0 Å². The molecule has 0 rings (SSSR count). The van der Waals surface area contributed by atoms with Crippen molar-refractivity contribution in [2.45, 2.75) is 24.1 Å². The summed E-state index contributed by atoms with van der Waals surface area (Å²) in [6.07, 6.45) is -21.0. The van der Waals surface area contributed by atoms with Crippen LogP contribution in [0.3, 0.4) is 0 Å². The second-order valence-electron chi connectivity index (χ2n) is 2.32. The molecule has 0 saturated carbocycles. The molecule has 0 amide bonds. The van der Waals surface area contributed by atoms with Gasteiger partial charge in [-0.05, 0) is 9.62 Å².